The zero-order chi connectivity index (χ0) is 25.4. The highest BCUT2D eigenvalue weighted by Gasteiger charge is 2.39. The third-order valence-electron chi connectivity index (χ3n) is 7.43. The Morgan fingerprint density at radius 2 is 1.62 bits per heavy atom. The third kappa shape index (κ3) is 4.57. The highest BCUT2D eigenvalue weighted by atomic mass is 16.2. The van der Waals surface area contributed by atoms with Crippen LogP contribution in [0.25, 0.3) is 5.69 Å². The van der Waals surface area contributed by atoms with Gasteiger partial charge < -0.3 is 9.47 Å². The van der Waals surface area contributed by atoms with Crippen LogP contribution >= 0.6 is 0 Å². The largest absolute Gasteiger partial charge is 0.330 e. The fourth-order valence-corrected chi connectivity index (χ4v) is 5.49. The maximum atomic E-state index is 14.2. The monoisotopic (exact) mass is 489 g/mol. The predicted molar refractivity (Wildman–Crippen MR) is 146 cm³/mol. The van der Waals surface area contributed by atoms with Crippen molar-refractivity contribution in [2.24, 2.45) is 0 Å². The summed E-state index contributed by atoms with van der Waals surface area (Å²) in [5, 5.41) is 0. The molecule has 0 radical (unpaired) electrons. The maximum Gasteiger partial charge on any atom is 0.247 e. The van der Waals surface area contributed by atoms with E-state index in [1.165, 1.54) is 0 Å². The summed E-state index contributed by atoms with van der Waals surface area (Å²) in [5.74, 6) is 0.00634. The van der Waals surface area contributed by atoms with Crippen molar-refractivity contribution in [3.05, 3.63) is 120 Å². The number of para-hydroxylation sites is 2. The molecule has 5 nitrogen and oxygen atoms in total. The summed E-state index contributed by atoms with van der Waals surface area (Å²) < 4.78 is 2.18. The summed E-state index contributed by atoms with van der Waals surface area (Å²) >= 11 is 0. The van der Waals surface area contributed by atoms with Crippen LogP contribution in [0.1, 0.15) is 47.7 Å². The van der Waals surface area contributed by atoms with Gasteiger partial charge in [-0.3, -0.25) is 14.5 Å². The van der Waals surface area contributed by atoms with Crippen LogP contribution in [0.5, 0.6) is 0 Å². The number of rotatable bonds is 7. The van der Waals surface area contributed by atoms with Gasteiger partial charge in [-0.05, 0) is 61.6 Å². The zero-order valence-electron chi connectivity index (χ0n) is 21.1. The number of nitrogens with zero attached hydrogens (tertiary/aromatic N) is 3. The first-order chi connectivity index (χ1) is 18.1. The molecule has 1 unspecified atom stereocenters. The van der Waals surface area contributed by atoms with Crippen molar-refractivity contribution < 1.29 is 9.59 Å². The lowest BCUT2D eigenvalue weighted by Gasteiger charge is -2.39. The van der Waals surface area contributed by atoms with Gasteiger partial charge in [-0.15, -0.1) is 0 Å². The van der Waals surface area contributed by atoms with E-state index in [0.717, 1.165) is 46.6 Å². The Balaban J connectivity index is 1.33. The first kappa shape index (κ1) is 23.3. The molecular formula is C32H31N3O2. The molecule has 2 heterocycles. The van der Waals surface area contributed by atoms with E-state index < -0.39 is 0 Å². The second-order valence-electron chi connectivity index (χ2n) is 10.1. The number of fused-ring (bicyclic) bond motifs is 3. The average Bonchev–Trinajstić information content (AvgIpc) is 3.65. The van der Waals surface area contributed by atoms with E-state index in [1.807, 2.05) is 70.5 Å². The minimum Gasteiger partial charge on any atom is -0.330 e. The van der Waals surface area contributed by atoms with Gasteiger partial charge >= 0.3 is 0 Å². The van der Waals surface area contributed by atoms with E-state index in [-0.39, 0.29) is 30.4 Å². The van der Waals surface area contributed by atoms with E-state index >= 15 is 0 Å². The Labute approximate surface area is 218 Å². The molecule has 1 fully saturated rings. The number of aromatic nitrogens is 1. The number of amides is 2. The second-order valence-corrected chi connectivity index (χ2v) is 10.1. The summed E-state index contributed by atoms with van der Waals surface area (Å²) in [7, 11) is 0. The Morgan fingerprint density at radius 3 is 2.38 bits per heavy atom. The van der Waals surface area contributed by atoms with Gasteiger partial charge in [-0.1, -0.05) is 72.3 Å². The molecule has 2 amide bonds. The summed E-state index contributed by atoms with van der Waals surface area (Å²) in [6.45, 7) is 2.17. The van der Waals surface area contributed by atoms with Crippen molar-refractivity contribution in [1.82, 2.24) is 9.47 Å². The van der Waals surface area contributed by atoms with E-state index in [1.54, 1.807) is 0 Å². The van der Waals surface area contributed by atoms with Crippen molar-refractivity contribution in [2.75, 3.05) is 11.4 Å². The summed E-state index contributed by atoms with van der Waals surface area (Å²) in [5.41, 5.74) is 6.26. The average molecular weight is 490 g/mol. The molecule has 2 aliphatic rings. The van der Waals surface area contributed by atoms with Crippen molar-refractivity contribution in [3.8, 4) is 5.69 Å². The highest BCUT2D eigenvalue weighted by molar-refractivity contribution is 6.00. The normalized spacial score (nSPS) is 16.1. The Kier molecular flexibility index (Phi) is 6.13. The highest BCUT2D eigenvalue weighted by Crippen LogP contribution is 2.42. The standard InChI is InChI=1S/C32H31N3O2/c1-23-9-7-12-25(21-23)32-29-15-8-20-33(29)27-13-5-6-14-28(27)35(32)31(37)22-34(26-17-18-26)30(36)19-16-24-10-3-2-4-11-24/h2-15,20-21,26,32H,16-19,22H2,1H3. The van der Waals surface area contributed by atoms with Gasteiger partial charge in [0.05, 0.1) is 17.1 Å². The first-order valence-corrected chi connectivity index (χ1v) is 13.1. The number of hydrogen-bond donors (Lipinski definition) is 0. The molecule has 37 heavy (non-hydrogen) atoms. The number of hydrogen-bond acceptors (Lipinski definition) is 2. The van der Waals surface area contributed by atoms with E-state index in [4.69, 9.17) is 0 Å². The molecule has 1 aliphatic carbocycles. The van der Waals surface area contributed by atoms with Gasteiger partial charge in [-0.25, -0.2) is 0 Å². The fraction of sp³-hybridized carbons (Fsp3) is 0.250. The lowest BCUT2D eigenvalue weighted by atomic mass is 9.96. The van der Waals surface area contributed by atoms with Gasteiger partial charge in [0.2, 0.25) is 11.8 Å². The Morgan fingerprint density at radius 1 is 0.865 bits per heavy atom. The maximum absolute atomic E-state index is 14.2. The number of carbonyl (C=O) groups is 2. The lowest BCUT2D eigenvalue weighted by molar-refractivity contribution is -0.136. The Bertz CT molecular complexity index is 1440. The number of benzene rings is 3. The van der Waals surface area contributed by atoms with Crippen LogP contribution in [0.2, 0.25) is 0 Å². The van der Waals surface area contributed by atoms with Crippen molar-refractivity contribution in [2.45, 2.75) is 44.7 Å². The van der Waals surface area contributed by atoms with Crippen LogP contribution in [0.4, 0.5) is 5.69 Å². The van der Waals surface area contributed by atoms with Gasteiger partial charge in [0.15, 0.2) is 0 Å². The van der Waals surface area contributed by atoms with Gasteiger partial charge in [-0.2, -0.15) is 0 Å². The molecule has 5 heteroatoms. The van der Waals surface area contributed by atoms with E-state index in [9.17, 15) is 9.59 Å². The third-order valence-corrected chi connectivity index (χ3v) is 7.43. The molecule has 186 valence electrons. The minimum absolute atomic E-state index is 0.0497. The second kappa shape index (κ2) is 9.74. The molecule has 3 aromatic carbocycles. The number of aryl methyl sites for hydroxylation is 2. The molecule has 0 N–H and O–H groups in total. The smallest absolute Gasteiger partial charge is 0.247 e. The number of carbonyl (C=O) groups excluding carboxylic acids is 2. The molecule has 4 aromatic rings. The van der Waals surface area contributed by atoms with Crippen LogP contribution in [-0.4, -0.2) is 33.9 Å². The van der Waals surface area contributed by atoms with E-state index in [0.29, 0.717) is 12.8 Å². The Hall–Kier alpha value is -4.12. The summed E-state index contributed by atoms with van der Waals surface area (Å²) in [4.78, 5) is 31.3. The first-order valence-electron chi connectivity index (χ1n) is 13.1. The van der Waals surface area contributed by atoms with Crippen molar-refractivity contribution in [3.63, 3.8) is 0 Å². The van der Waals surface area contributed by atoms with Crippen molar-refractivity contribution in [1.29, 1.82) is 0 Å². The topological polar surface area (TPSA) is 45.6 Å². The molecule has 0 bridgehead atoms. The van der Waals surface area contributed by atoms with Gasteiger partial charge in [0, 0.05) is 18.7 Å². The quantitative estimate of drug-likeness (QED) is 0.327. The molecule has 6 rings (SSSR count). The zero-order valence-corrected chi connectivity index (χ0v) is 21.1. The molecule has 0 saturated heterocycles. The van der Waals surface area contributed by atoms with E-state index in [2.05, 4.69) is 48.0 Å². The molecule has 1 atom stereocenters. The molecule has 1 saturated carbocycles. The van der Waals surface area contributed by atoms with Gasteiger partial charge in [0.25, 0.3) is 0 Å². The van der Waals surface area contributed by atoms with Crippen LogP contribution in [0.3, 0.4) is 0 Å². The predicted octanol–water partition coefficient (Wildman–Crippen LogP) is 5.85. The van der Waals surface area contributed by atoms with Crippen molar-refractivity contribution >= 4 is 17.5 Å². The SMILES string of the molecule is Cc1cccc(C2c3cccn3-c3ccccc3N2C(=O)CN(C(=O)CCc2ccccc2)C2CC2)c1. The molecule has 0 spiro atoms. The van der Waals surface area contributed by atoms with Crippen LogP contribution in [0.15, 0.2) is 97.2 Å². The number of anilines is 1. The lowest BCUT2D eigenvalue weighted by Crippen LogP contribution is -2.47. The molecular weight excluding hydrogens is 458 g/mol. The fourth-order valence-electron chi connectivity index (χ4n) is 5.49. The van der Waals surface area contributed by atoms with Crippen LogP contribution in [-0.2, 0) is 16.0 Å². The summed E-state index contributed by atoms with van der Waals surface area (Å²) in [6, 6.07) is 30.5. The summed E-state index contributed by atoms with van der Waals surface area (Å²) in [6.07, 6.45) is 5.08. The van der Waals surface area contributed by atoms with Crippen LogP contribution in [0, 0.1) is 6.92 Å². The molecule has 1 aliphatic heterocycles. The van der Waals surface area contributed by atoms with Gasteiger partial charge in [0.1, 0.15) is 12.6 Å². The van der Waals surface area contributed by atoms with Crippen LogP contribution < -0.4 is 4.90 Å². The minimum atomic E-state index is -0.266. The molecule has 1 aromatic heterocycles.